The molecule has 96 valence electrons. The summed E-state index contributed by atoms with van der Waals surface area (Å²) in [5.74, 6) is 0.423. The van der Waals surface area contributed by atoms with Crippen LogP contribution >= 0.6 is 0 Å². The molecule has 0 fully saturated rings. The van der Waals surface area contributed by atoms with Crippen molar-refractivity contribution in [3.63, 3.8) is 0 Å². The molecule has 0 aliphatic rings. The Hall–Kier alpha value is -1.98. The lowest BCUT2D eigenvalue weighted by atomic mass is 10.1. The number of benzene rings is 1. The quantitative estimate of drug-likeness (QED) is 0.843. The molecule has 0 radical (unpaired) electrons. The van der Waals surface area contributed by atoms with Gasteiger partial charge in [-0.2, -0.15) is 13.2 Å². The zero-order chi connectivity index (χ0) is 13.2. The van der Waals surface area contributed by atoms with Crippen LogP contribution in [0.1, 0.15) is 11.1 Å². The summed E-state index contributed by atoms with van der Waals surface area (Å²) >= 11 is 0. The van der Waals surface area contributed by atoms with Gasteiger partial charge >= 0.3 is 6.18 Å². The molecule has 18 heavy (non-hydrogen) atoms. The SMILES string of the molecule is CN(Cc1ccccc1C(F)(F)F)c1ccno1. The minimum absolute atomic E-state index is 0.102. The van der Waals surface area contributed by atoms with E-state index in [4.69, 9.17) is 4.52 Å². The van der Waals surface area contributed by atoms with E-state index in [0.29, 0.717) is 5.88 Å². The number of anilines is 1. The van der Waals surface area contributed by atoms with Gasteiger partial charge < -0.3 is 9.42 Å². The van der Waals surface area contributed by atoms with E-state index in [1.807, 2.05) is 0 Å². The maximum atomic E-state index is 12.8. The predicted octanol–water partition coefficient (Wildman–Crippen LogP) is 3.33. The Kier molecular flexibility index (Phi) is 3.27. The van der Waals surface area contributed by atoms with E-state index < -0.39 is 11.7 Å². The highest BCUT2D eigenvalue weighted by Gasteiger charge is 2.33. The lowest BCUT2D eigenvalue weighted by Crippen LogP contribution is -2.19. The van der Waals surface area contributed by atoms with Crippen molar-refractivity contribution >= 4 is 5.88 Å². The van der Waals surface area contributed by atoms with Gasteiger partial charge in [-0.3, -0.25) is 0 Å². The van der Waals surface area contributed by atoms with Gasteiger partial charge in [0.15, 0.2) is 0 Å². The molecule has 0 aliphatic heterocycles. The molecule has 2 rings (SSSR count). The molecule has 6 heteroatoms. The summed E-state index contributed by atoms with van der Waals surface area (Å²) in [6, 6.07) is 7.08. The van der Waals surface area contributed by atoms with Gasteiger partial charge in [0.2, 0.25) is 5.88 Å². The zero-order valence-electron chi connectivity index (χ0n) is 9.61. The summed E-state index contributed by atoms with van der Waals surface area (Å²) in [6.45, 7) is 0.102. The van der Waals surface area contributed by atoms with Crippen LogP contribution in [0.3, 0.4) is 0 Å². The van der Waals surface area contributed by atoms with E-state index in [9.17, 15) is 13.2 Å². The fourth-order valence-corrected chi connectivity index (χ4v) is 1.67. The van der Waals surface area contributed by atoms with E-state index in [0.717, 1.165) is 6.07 Å². The summed E-state index contributed by atoms with van der Waals surface area (Å²) < 4.78 is 43.2. The lowest BCUT2D eigenvalue weighted by Gasteiger charge is -2.18. The Morgan fingerprint density at radius 1 is 1.22 bits per heavy atom. The predicted molar refractivity (Wildman–Crippen MR) is 60.1 cm³/mol. The second kappa shape index (κ2) is 4.72. The third-order valence-electron chi connectivity index (χ3n) is 2.53. The van der Waals surface area contributed by atoms with Gasteiger partial charge in [-0.05, 0) is 11.6 Å². The number of hydrogen-bond acceptors (Lipinski definition) is 3. The van der Waals surface area contributed by atoms with Crippen molar-refractivity contribution in [1.82, 2.24) is 5.16 Å². The average molecular weight is 256 g/mol. The van der Waals surface area contributed by atoms with Crippen LogP contribution in [-0.4, -0.2) is 12.2 Å². The van der Waals surface area contributed by atoms with E-state index in [1.165, 1.54) is 18.3 Å². The number of aromatic nitrogens is 1. The van der Waals surface area contributed by atoms with Crippen molar-refractivity contribution in [2.45, 2.75) is 12.7 Å². The van der Waals surface area contributed by atoms with Crippen LogP contribution in [0.15, 0.2) is 41.1 Å². The summed E-state index contributed by atoms with van der Waals surface area (Å²) in [5, 5.41) is 3.52. The minimum Gasteiger partial charge on any atom is -0.339 e. The Morgan fingerprint density at radius 2 is 1.94 bits per heavy atom. The number of halogens is 3. The Morgan fingerprint density at radius 3 is 2.56 bits per heavy atom. The molecule has 0 atom stereocenters. The van der Waals surface area contributed by atoms with Crippen LogP contribution < -0.4 is 4.90 Å². The molecule has 1 heterocycles. The van der Waals surface area contributed by atoms with E-state index in [2.05, 4.69) is 5.16 Å². The maximum Gasteiger partial charge on any atom is 0.416 e. The highest BCUT2D eigenvalue weighted by molar-refractivity contribution is 5.37. The van der Waals surface area contributed by atoms with E-state index in [-0.39, 0.29) is 12.1 Å². The summed E-state index contributed by atoms with van der Waals surface area (Å²) in [5.41, 5.74) is -0.430. The normalized spacial score (nSPS) is 11.6. The average Bonchev–Trinajstić information content (AvgIpc) is 2.81. The summed E-state index contributed by atoms with van der Waals surface area (Å²) in [4.78, 5) is 1.57. The molecule has 2 aromatic rings. The highest BCUT2D eigenvalue weighted by atomic mass is 19.4. The van der Waals surface area contributed by atoms with Gasteiger partial charge in [-0.25, -0.2) is 0 Å². The number of alkyl halides is 3. The van der Waals surface area contributed by atoms with Crippen molar-refractivity contribution in [3.05, 3.63) is 47.7 Å². The first-order chi connectivity index (χ1) is 8.48. The molecular weight excluding hydrogens is 245 g/mol. The van der Waals surface area contributed by atoms with E-state index >= 15 is 0 Å². The lowest BCUT2D eigenvalue weighted by molar-refractivity contribution is -0.138. The largest absolute Gasteiger partial charge is 0.416 e. The fraction of sp³-hybridized carbons (Fsp3) is 0.250. The number of rotatable bonds is 3. The second-order valence-electron chi connectivity index (χ2n) is 3.86. The zero-order valence-corrected chi connectivity index (χ0v) is 9.61. The van der Waals surface area contributed by atoms with Crippen LogP contribution in [0.5, 0.6) is 0 Å². The second-order valence-corrected chi connectivity index (χ2v) is 3.86. The first-order valence-corrected chi connectivity index (χ1v) is 5.25. The molecule has 0 amide bonds. The van der Waals surface area contributed by atoms with Crippen LogP contribution in [0, 0.1) is 0 Å². The van der Waals surface area contributed by atoms with Crippen molar-refractivity contribution < 1.29 is 17.7 Å². The minimum atomic E-state index is -4.35. The van der Waals surface area contributed by atoms with Gasteiger partial charge in [-0.15, -0.1) is 0 Å². The number of hydrogen-bond donors (Lipinski definition) is 0. The standard InChI is InChI=1S/C12H11F3N2O/c1-17(11-6-7-16-18-11)8-9-4-2-3-5-10(9)12(13,14)15/h2-7H,8H2,1H3. The van der Waals surface area contributed by atoms with Crippen molar-refractivity contribution in [1.29, 1.82) is 0 Å². The molecule has 0 bridgehead atoms. The monoisotopic (exact) mass is 256 g/mol. The third-order valence-corrected chi connectivity index (χ3v) is 2.53. The van der Waals surface area contributed by atoms with Crippen LogP contribution in [0.25, 0.3) is 0 Å². The highest BCUT2D eigenvalue weighted by Crippen LogP contribution is 2.32. The van der Waals surface area contributed by atoms with Crippen molar-refractivity contribution in [3.8, 4) is 0 Å². The molecule has 1 aromatic heterocycles. The smallest absolute Gasteiger partial charge is 0.339 e. The number of nitrogens with zero attached hydrogens (tertiary/aromatic N) is 2. The molecule has 0 spiro atoms. The van der Waals surface area contributed by atoms with Gasteiger partial charge in [0.05, 0.1) is 11.8 Å². The molecule has 3 nitrogen and oxygen atoms in total. The van der Waals surface area contributed by atoms with Crippen molar-refractivity contribution in [2.24, 2.45) is 0 Å². The topological polar surface area (TPSA) is 29.3 Å². The molecule has 0 saturated heterocycles. The molecule has 0 N–H and O–H groups in total. The molecule has 0 aliphatic carbocycles. The van der Waals surface area contributed by atoms with Gasteiger partial charge in [0, 0.05) is 19.7 Å². The molecule has 1 aromatic carbocycles. The fourth-order valence-electron chi connectivity index (χ4n) is 1.67. The van der Waals surface area contributed by atoms with Gasteiger partial charge in [-0.1, -0.05) is 23.4 Å². The third kappa shape index (κ3) is 2.64. The Bertz CT molecular complexity index is 508. The van der Waals surface area contributed by atoms with Crippen molar-refractivity contribution in [2.75, 3.05) is 11.9 Å². The Labute approximate surface area is 102 Å². The van der Waals surface area contributed by atoms with Gasteiger partial charge in [0.1, 0.15) is 0 Å². The molecular formula is C12H11F3N2O. The molecule has 0 saturated carbocycles. The van der Waals surface area contributed by atoms with Crippen LogP contribution in [0.4, 0.5) is 19.1 Å². The summed E-state index contributed by atoms with van der Waals surface area (Å²) in [6.07, 6.45) is -2.90. The Balaban J connectivity index is 2.24. The molecule has 0 unspecified atom stereocenters. The van der Waals surface area contributed by atoms with Gasteiger partial charge in [0.25, 0.3) is 0 Å². The first kappa shape index (κ1) is 12.5. The van der Waals surface area contributed by atoms with E-state index in [1.54, 1.807) is 24.1 Å². The van der Waals surface area contributed by atoms with Crippen LogP contribution in [-0.2, 0) is 12.7 Å². The van der Waals surface area contributed by atoms with Crippen LogP contribution in [0.2, 0.25) is 0 Å². The summed E-state index contributed by atoms with van der Waals surface area (Å²) in [7, 11) is 1.65. The maximum absolute atomic E-state index is 12.8. The first-order valence-electron chi connectivity index (χ1n) is 5.25.